The van der Waals surface area contributed by atoms with Crippen LogP contribution in [-0.4, -0.2) is 36.3 Å². The first-order valence-electron chi connectivity index (χ1n) is 4.91. The van der Waals surface area contributed by atoms with E-state index in [0.29, 0.717) is 26.3 Å². The number of aromatic nitrogens is 2. The smallest absolute Gasteiger partial charge is 0.378 e. The van der Waals surface area contributed by atoms with E-state index in [1.807, 2.05) is 0 Å². The Morgan fingerprint density at radius 1 is 1.24 bits per heavy atom. The zero-order valence-corrected chi connectivity index (χ0v) is 9.42. The first kappa shape index (κ1) is 12.4. The Labute approximate surface area is 100 Å². The second-order valence-electron chi connectivity index (χ2n) is 3.47. The maximum Gasteiger partial charge on any atom is 0.451 e. The molecule has 0 aliphatic carbocycles. The number of halogens is 4. The Kier molecular flexibility index (Phi) is 3.39. The molecule has 8 heteroatoms. The van der Waals surface area contributed by atoms with Crippen LogP contribution in [0.2, 0.25) is 5.15 Å². The van der Waals surface area contributed by atoms with Crippen LogP contribution in [0.1, 0.15) is 5.82 Å². The molecule has 0 bridgehead atoms. The van der Waals surface area contributed by atoms with Gasteiger partial charge in [-0.25, -0.2) is 9.97 Å². The van der Waals surface area contributed by atoms with Gasteiger partial charge >= 0.3 is 6.18 Å². The molecule has 0 spiro atoms. The van der Waals surface area contributed by atoms with E-state index < -0.39 is 12.0 Å². The van der Waals surface area contributed by atoms with Crippen LogP contribution in [0.4, 0.5) is 19.0 Å². The van der Waals surface area contributed by atoms with E-state index in [1.54, 1.807) is 4.90 Å². The summed E-state index contributed by atoms with van der Waals surface area (Å²) in [5.41, 5.74) is 0. The van der Waals surface area contributed by atoms with Gasteiger partial charge in [-0.1, -0.05) is 11.6 Å². The van der Waals surface area contributed by atoms with Gasteiger partial charge in [-0.3, -0.25) is 0 Å². The van der Waals surface area contributed by atoms with Crippen molar-refractivity contribution in [3.8, 4) is 0 Å². The summed E-state index contributed by atoms with van der Waals surface area (Å²) in [5, 5.41) is -0.214. The van der Waals surface area contributed by atoms with Crippen molar-refractivity contribution in [1.82, 2.24) is 9.97 Å². The van der Waals surface area contributed by atoms with Gasteiger partial charge in [0.1, 0.15) is 11.0 Å². The highest BCUT2D eigenvalue weighted by Crippen LogP contribution is 2.29. The molecular formula is C9H9ClF3N3O. The van der Waals surface area contributed by atoms with Gasteiger partial charge in [0.2, 0.25) is 5.82 Å². The van der Waals surface area contributed by atoms with Crippen molar-refractivity contribution in [2.75, 3.05) is 31.2 Å². The molecule has 2 heterocycles. The second kappa shape index (κ2) is 4.66. The lowest BCUT2D eigenvalue weighted by atomic mass is 10.4. The summed E-state index contributed by atoms with van der Waals surface area (Å²) in [6, 6.07) is 1.32. The van der Waals surface area contributed by atoms with Crippen LogP contribution in [0.3, 0.4) is 0 Å². The Bertz CT molecular complexity index is 407. The third kappa shape index (κ3) is 2.98. The van der Waals surface area contributed by atoms with Crippen molar-refractivity contribution in [3.63, 3.8) is 0 Å². The molecule has 17 heavy (non-hydrogen) atoms. The fourth-order valence-electron chi connectivity index (χ4n) is 1.49. The molecule has 1 saturated heterocycles. The van der Waals surface area contributed by atoms with Gasteiger partial charge in [-0.2, -0.15) is 13.2 Å². The van der Waals surface area contributed by atoms with E-state index in [9.17, 15) is 13.2 Å². The molecule has 0 saturated carbocycles. The minimum Gasteiger partial charge on any atom is -0.378 e. The van der Waals surface area contributed by atoms with Crippen LogP contribution in [0.5, 0.6) is 0 Å². The number of morpholine rings is 1. The van der Waals surface area contributed by atoms with Gasteiger partial charge in [0.15, 0.2) is 0 Å². The predicted molar refractivity (Wildman–Crippen MR) is 55.1 cm³/mol. The molecule has 0 atom stereocenters. The van der Waals surface area contributed by atoms with Crippen LogP contribution in [0, 0.1) is 0 Å². The van der Waals surface area contributed by atoms with E-state index in [-0.39, 0.29) is 11.0 Å². The molecule has 1 aromatic rings. The third-order valence-corrected chi connectivity index (χ3v) is 2.46. The van der Waals surface area contributed by atoms with Crippen molar-refractivity contribution in [3.05, 3.63) is 17.0 Å². The molecule has 0 amide bonds. The lowest BCUT2D eigenvalue weighted by Gasteiger charge is -2.28. The summed E-state index contributed by atoms with van der Waals surface area (Å²) >= 11 is 5.57. The number of ether oxygens (including phenoxy) is 1. The van der Waals surface area contributed by atoms with Crippen LogP contribution >= 0.6 is 11.6 Å². The normalized spacial score (nSPS) is 17.3. The number of hydrogen-bond donors (Lipinski definition) is 0. The molecular weight excluding hydrogens is 259 g/mol. The molecule has 0 radical (unpaired) electrons. The largest absolute Gasteiger partial charge is 0.451 e. The van der Waals surface area contributed by atoms with Gasteiger partial charge in [0, 0.05) is 19.2 Å². The lowest BCUT2D eigenvalue weighted by molar-refractivity contribution is -0.144. The summed E-state index contributed by atoms with van der Waals surface area (Å²) in [4.78, 5) is 8.34. The third-order valence-electron chi connectivity index (χ3n) is 2.27. The summed E-state index contributed by atoms with van der Waals surface area (Å²) in [5.74, 6) is -1.04. The summed E-state index contributed by atoms with van der Waals surface area (Å²) in [6.45, 7) is 1.90. The van der Waals surface area contributed by atoms with Crippen LogP contribution < -0.4 is 4.90 Å². The van der Waals surface area contributed by atoms with E-state index in [2.05, 4.69) is 9.97 Å². The maximum atomic E-state index is 12.5. The van der Waals surface area contributed by atoms with E-state index in [1.165, 1.54) is 6.07 Å². The van der Waals surface area contributed by atoms with E-state index in [4.69, 9.17) is 16.3 Å². The van der Waals surface area contributed by atoms with Crippen molar-refractivity contribution >= 4 is 17.4 Å². The number of nitrogens with zero attached hydrogens (tertiary/aromatic N) is 3. The Morgan fingerprint density at radius 2 is 1.88 bits per heavy atom. The summed E-state index contributed by atoms with van der Waals surface area (Å²) in [7, 11) is 0. The highest BCUT2D eigenvalue weighted by Gasteiger charge is 2.35. The van der Waals surface area contributed by atoms with E-state index >= 15 is 0 Å². The number of alkyl halides is 3. The zero-order valence-electron chi connectivity index (χ0n) is 8.67. The summed E-state index contributed by atoms with van der Waals surface area (Å²) < 4.78 is 42.6. The molecule has 1 aromatic heterocycles. The molecule has 1 aliphatic heterocycles. The van der Waals surface area contributed by atoms with Gasteiger partial charge < -0.3 is 9.64 Å². The first-order valence-corrected chi connectivity index (χ1v) is 5.29. The Balaban J connectivity index is 2.31. The van der Waals surface area contributed by atoms with Gasteiger partial charge in [0.25, 0.3) is 0 Å². The number of hydrogen-bond acceptors (Lipinski definition) is 4. The fourth-order valence-corrected chi connectivity index (χ4v) is 1.66. The predicted octanol–water partition coefficient (Wildman–Crippen LogP) is 1.99. The Hall–Kier alpha value is -1.08. The SMILES string of the molecule is FC(F)(F)c1nc(Cl)cc(N2CCOCC2)n1. The van der Waals surface area contributed by atoms with E-state index in [0.717, 1.165) is 0 Å². The standard InChI is InChI=1S/C9H9ClF3N3O/c10-6-5-7(16-1-3-17-4-2-16)15-8(14-6)9(11,12)13/h5H,1-4H2. The molecule has 2 rings (SSSR count). The van der Waals surface area contributed by atoms with Gasteiger partial charge in [0.05, 0.1) is 13.2 Å². The average Bonchev–Trinajstić information content (AvgIpc) is 2.28. The Morgan fingerprint density at radius 3 is 2.47 bits per heavy atom. The first-order chi connectivity index (χ1) is 7.97. The quantitative estimate of drug-likeness (QED) is 0.730. The second-order valence-corrected chi connectivity index (χ2v) is 3.86. The van der Waals surface area contributed by atoms with Crippen molar-refractivity contribution in [2.24, 2.45) is 0 Å². The number of anilines is 1. The highest BCUT2D eigenvalue weighted by atomic mass is 35.5. The lowest BCUT2D eigenvalue weighted by Crippen LogP contribution is -2.37. The minimum atomic E-state index is -4.59. The van der Waals surface area contributed by atoms with Gasteiger partial charge in [-0.05, 0) is 0 Å². The van der Waals surface area contributed by atoms with Crippen molar-refractivity contribution in [1.29, 1.82) is 0 Å². The maximum absolute atomic E-state index is 12.5. The fraction of sp³-hybridized carbons (Fsp3) is 0.556. The van der Waals surface area contributed by atoms with Crippen LogP contribution in [-0.2, 0) is 10.9 Å². The molecule has 94 valence electrons. The monoisotopic (exact) mass is 267 g/mol. The van der Waals surface area contributed by atoms with Crippen LogP contribution in [0.25, 0.3) is 0 Å². The van der Waals surface area contributed by atoms with Crippen LogP contribution in [0.15, 0.2) is 6.07 Å². The summed E-state index contributed by atoms with van der Waals surface area (Å²) in [6.07, 6.45) is -4.59. The molecule has 1 fully saturated rings. The molecule has 0 unspecified atom stereocenters. The average molecular weight is 268 g/mol. The highest BCUT2D eigenvalue weighted by molar-refractivity contribution is 6.29. The molecule has 4 nitrogen and oxygen atoms in total. The molecule has 1 aliphatic rings. The molecule has 0 aromatic carbocycles. The minimum absolute atomic E-state index is 0.181. The zero-order chi connectivity index (χ0) is 12.5. The molecule has 0 N–H and O–H groups in total. The number of rotatable bonds is 1. The van der Waals surface area contributed by atoms with Crippen molar-refractivity contribution in [2.45, 2.75) is 6.18 Å². The topological polar surface area (TPSA) is 38.2 Å². The van der Waals surface area contributed by atoms with Gasteiger partial charge in [-0.15, -0.1) is 0 Å². The van der Waals surface area contributed by atoms with Crippen molar-refractivity contribution < 1.29 is 17.9 Å².